The van der Waals surface area contributed by atoms with Crippen LogP contribution in [-0.4, -0.2) is 31.7 Å². The first-order valence-corrected chi connectivity index (χ1v) is 10.8. The molecule has 11 heteroatoms. The molecule has 2 aromatic carbocycles. The van der Waals surface area contributed by atoms with Gasteiger partial charge in [-0.1, -0.05) is 28.1 Å². The van der Waals surface area contributed by atoms with Gasteiger partial charge in [0.15, 0.2) is 10.8 Å². The van der Waals surface area contributed by atoms with Gasteiger partial charge >= 0.3 is 0 Å². The van der Waals surface area contributed by atoms with E-state index >= 15 is 0 Å². The van der Waals surface area contributed by atoms with E-state index in [1.807, 2.05) is 13.0 Å². The summed E-state index contributed by atoms with van der Waals surface area (Å²) in [4.78, 5) is 14.3. The van der Waals surface area contributed by atoms with Gasteiger partial charge in [-0.15, -0.1) is 0 Å². The lowest BCUT2D eigenvalue weighted by molar-refractivity contribution is -0.112. The summed E-state index contributed by atoms with van der Waals surface area (Å²) in [6.45, 7) is 2.27. The number of para-hydroxylation sites is 1. The number of likely N-dealkylation sites (N-methyl/N-ethyl adjacent to an activating group) is 1. The van der Waals surface area contributed by atoms with Crippen LogP contribution in [0.1, 0.15) is 12.5 Å². The molecule has 146 valence electrons. The number of primary sulfonamides is 1. The summed E-state index contributed by atoms with van der Waals surface area (Å²) in [6, 6.07) is 11.2. The third-order valence-electron chi connectivity index (χ3n) is 4.08. The number of amides is 1. The van der Waals surface area contributed by atoms with E-state index in [2.05, 4.69) is 21.0 Å². The molecule has 4 N–H and O–H groups in total. The molecule has 0 bridgehead atoms. The molecule has 0 radical (unpaired) electrons. The highest BCUT2D eigenvalue weighted by molar-refractivity contribution is 9.10. The summed E-state index contributed by atoms with van der Waals surface area (Å²) < 4.78 is 24.7. The van der Waals surface area contributed by atoms with Crippen molar-refractivity contribution in [1.29, 1.82) is 0 Å². The van der Waals surface area contributed by atoms with Crippen molar-refractivity contribution >= 4 is 66.3 Å². The zero-order valence-electron chi connectivity index (χ0n) is 14.7. The number of nitrogens with zero attached hydrogens (tertiary/aromatic N) is 3. The molecule has 1 aliphatic rings. The Kier molecular flexibility index (Phi) is 5.53. The fourth-order valence-corrected chi connectivity index (χ4v) is 4.09. The van der Waals surface area contributed by atoms with Gasteiger partial charge in [0.1, 0.15) is 4.90 Å². The molecule has 28 heavy (non-hydrogen) atoms. The van der Waals surface area contributed by atoms with Crippen LogP contribution in [0.2, 0.25) is 0 Å². The number of thiocarbonyl (C=S) groups is 1. The van der Waals surface area contributed by atoms with Crippen LogP contribution < -0.4 is 20.8 Å². The van der Waals surface area contributed by atoms with Crippen molar-refractivity contribution in [2.24, 2.45) is 16.0 Å². The summed E-state index contributed by atoms with van der Waals surface area (Å²) in [5.41, 5.74) is 7.23. The van der Waals surface area contributed by atoms with Gasteiger partial charge in [-0.3, -0.25) is 4.79 Å². The van der Waals surface area contributed by atoms with Crippen LogP contribution in [0.15, 0.2) is 56.9 Å². The van der Waals surface area contributed by atoms with Crippen LogP contribution >= 0.6 is 28.1 Å². The Morgan fingerprint density at radius 1 is 1.29 bits per heavy atom. The van der Waals surface area contributed by atoms with Crippen molar-refractivity contribution < 1.29 is 13.2 Å². The number of nitrogens with two attached hydrogens (primary N) is 2. The van der Waals surface area contributed by atoms with E-state index in [9.17, 15) is 13.2 Å². The molecule has 1 amide bonds. The highest BCUT2D eigenvalue weighted by Gasteiger charge is 2.34. The maximum Gasteiger partial charge on any atom is 0.279 e. The Bertz CT molecular complexity index is 1120. The Hall–Kier alpha value is -2.34. The van der Waals surface area contributed by atoms with E-state index in [0.717, 1.165) is 9.48 Å². The number of rotatable bonds is 4. The minimum Gasteiger partial charge on any atom is -0.374 e. The molecule has 0 saturated carbocycles. The first-order valence-electron chi connectivity index (χ1n) is 8.07. The standard InChI is InChI=1S/C17H16BrN5O3S2/c1-2-22-13-9-10(18)7-8-11(13)15(16(22)24)21-23(17(19)27)12-5-3-4-6-14(12)28(20,25)26/h3-9H,2H2,1H3,(H2,19,27)(H2,20,25,26)/b21-15-. The second kappa shape index (κ2) is 7.59. The van der Waals surface area contributed by atoms with Crippen LogP contribution in [0.4, 0.5) is 11.4 Å². The Morgan fingerprint density at radius 2 is 1.96 bits per heavy atom. The summed E-state index contributed by atoms with van der Waals surface area (Å²) in [5.74, 6) is -0.343. The van der Waals surface area contributed by atoms with Gasteiger partial charge in [-0.05, 0) is 49.5 Å². The lowest BCUT2D eigenvalue weighted by atomic mass is 10.1. The number of hydrogen-bond donors (Lipinski definition) is 2. The largest absolute Gasteiger partial charge is 0.374 e. The van der Waals surface area contributed by atoms with Gasteiger partial charge in [0.2, 0.25) is 10.0 Å². The maximum absolute atomic E-state index is 12.9. The lowest BCUT2D eigenvalue weighted by Crippen LogP contribution is -2.36. The predicted molar refractivity (Wildman–Crippen MR) is 116 cm³/mol. The van der Waals surface area contributed by atoms with Crippen molar-refractivity contribution in [2.75, 3.05) is 16.5 Å². The smallest absolute Gasteiger partial charge is 0.279 e. The number of sulfonamides is 1. The normalized spacial score (nSPS) is 15.0. The monoisotopic (exact) mass is 481 g/mol. The highest BCUT2D eigenvalue weighted by Crippen LogP contribution is 2.33. The average Bonchev–Trinajstić information content (AvgIpc) is 2.88. The Labute approximate surface area is 176 Å². The molecule has 0 atom stereocenters. The summed E-state index contributed by atoms with van der Waals surface area (Å²) >= 11 is 8.45. The number of fused-ring (bicyclic) bond motifs is 1. The molecule has 0 unspecified atom stereocenters. The zero-order chi connectivity index (χ0) is 20.6. The average molecular weight is 482 g/mol. The van der Waals surface area contributed by atoms with Crippen molar-refractivity contribution in [3.63, 3.8) is 0 Å². The van der Waals surface area contributed by atoms with E-state index in [1.165, 1.54) is 18.2 Å². The fraction of sp³-hybridized carbons (Fsp3) is 0.118. The molecule has 1 heterocycles. The van der Waals surface area contributed by atoms with Crippen molar-refractivity contribution in [3.05, 3.63) is 52.5 Å². The van der Waals surface area contributed by atoms with Gasteiger partial charge in [0.05, 0.1) is 11.4 Å². The fourth-order valence-electron chi connectivity index (χ4n) is 2.89. The number of carbonyl (C=O) groups is 1. The molecule has 3 rings (SSSR count). The zero-order valence-corrected chi connectivity index (χ0v) is 17.9. The molecule has 2 aromatic rings. The van der Waals surface area contributed by atoms with E-state index < -0.39 is 10.0 Å². The van der Waals surface area contributed by atoms with Gasteiger partial charge in [-0.2, -0.15) is 5.10 Å². The number of benzene rings is 2. The van der Waals surface area contributed by atoms with Crippen LogP contribution in [0.5, 0.6) is 0 Å². The number of hydrazone groups is 1. The maximum atomic E-state index is 12.9. The minimum absolute atomic E-state index is 0.0615. The molecule has 0 saturated heterocycles. The van der Waals surface area contributed by atoms with Gasteiger partial charge < -0.3 is 10.6 Å². The van der Waals surface area contributed by atoms with Gasteiger partial charge in [0, 0.05) is 16.6 Å². The van der Waals surface area contributed by atoms with Crippen molar-refractivity contribution in [1.82, 2.24) is 0 Å². The van der Waals surface area contributed by atoms with E-state index in [0.29, 0.717) is 17.8 Å². The highest BCUT2D eigenvalue weighted by atomic mass is 79.9. The minimum atomic E-state index is -4.07. The SMILES string of the molecule is CCN1C(=O)/C(=N\N(C(N)=S)c2ccccc2S(N)(=O)=O)c2ccc(Br)cc21. The van der Waals surface area contributed by atoms with E-state index in [-0.39, 0.29) is 27.3 Å². The topological polar surface area (TPSA) is 122 Å². The number of halogens is 1. The third kappa shape index (κ3) is 3.65. The number of anilines is 2. The molecular weight excluding hydrogens is 466 g/mol. The molecule has 8 nitrogen and oxygen atoms in total. The number of carbonyl (C=O) groups excluding carboxylic acids is 1. The molecular formula is C17H16BrN5O3S2. The van der Waals surface area contributed by atoms with Crippen LogP contribution in [0.3, 0.4) is 0 Å². The first-order chi connectivity index (χ1) is 13.1. The Morgan fingerprint density at radius 3 is 2.57 bits per heavy atom. The van der Waals surface area contributed by atoms with Crippen LogP contribution in [0, 0.1) is 0 Å². The second-order valence-electron chi connectivity index (χ2n) is 5.82. The van der Waals surface area contributed by atoms with Crippen molar-refractivity contribution in [3.8, 4) is 0 Å². The van der Waals surface area contributed by atoms with Gasteiger partial charge in [-0.25, -0.2) is 18.6 Å². The van der Waals surface area contributed by atoms with E-state index in [1.54, 1.807) is 23.1 Å². The van der Waals surface area contributed by atoms with Gasteiger partial charge in [0.25, 0.3) is 5.91 Å². The van der Waals surface area contributed by atoms with Crippen LogP contribution in [-0.2, 0) is 14.8 Å². The predicted octanol–water partition coefficient (Wildman–Crippen LogP) is 1.92. The van der Waals surface area contributed by atoms with Crippen LogP contribution in [0.25, 0.3) is 0 Å². The van der Waals surface area contributed by atoms with Crippen molar-refractivity contribution in [2.45, 2.75) is 11.8 Å². The molecule has 0 aromatic heterocycles. The second-order valence-corrected chi connectivity index (χ2v) is 8.69. The quantitative estimate of drug-likeness (QED) is 0.507. The third-order valence-corrected chi connectivity index (χ3v) is 5.70. The molecule has 0 fully saturated rings. The summed E-state index contributed by atoms with van der Waals surface area (Å²) in [7, 11) is -4.07. The number of hydrogen-bond acceptors (Lipinski definition) is 5. The summed E-state index contributed by atoms with van der Waals surface area (Å²) in [6.07, 6.45) is 0. The Balaban J connectivity index is 2.21. The molecule has 0 aliphatic carbocycles. The first kappa shape index (κ1) is 20.4. The molecule has 1 aliphatic heterocycles. The molecule has 0 spiro atoms. The summed E-state index contributed by atoms with van der Waals surface area (Å²) in [5, 5.41) is 10.4. The van der Waals surface area contributed by atoms with E-state index in [4.69, 9.17) is 23.1 Å². The lowest BCUT2D eigenvalue weighted by Gasteiger charge is -2.20.